The van der Waals surface area contributed by atoms with Crippen molar-refractivity contribution >= 4 is 15.9 Å². The van der Waals surface area contributed by atoms with E-state index in [1.54, 1.807) is 0 Å². The second-order valence-corrected chi connectivity index (χ2v) is 5.02. The second kappa shape index (κ2) is 4.43. The number of hydrogen-bond acceptors (Lipinski definition) is 3. The lowest BCUT2D eigenvalue weighted by molar-refractivity contribution is 0.286. The van der Waals surface area contributed by atoms with Crippen LogP contribution in [-0.2, 0) is 6.42 Å². The van der Waals surface area contributed by atoms with Gasteiger partial charge >= 0.3 is 0 Å². The van der Waals surface area contributed by atoms with Gasteiger partial charge in [0.2, 0.25) is 11.8 Å². The molecular weight excluding hydrogens is 244 g/mol. The molecule has 1 unspecified atom stereocenters. The highest BCUT2D eigenvalue weighted by molar-refractivity contribution is 9.09. The molecule has 0 aromatic carbocycles. The minimum atomic E-state index is 0.213. The summed E-state index contributed by atoms with van der Waals surface area (Å²) in [6, 6.07) is 0. The van der Waals surface area contributed by atoms with Gasteiger partial charge in [0.15, 0.2) is 0 Å². The molecule has 0 N–H and O–H groups in total. The smallest absolute Gasteiger partial charge is 0.230 e. The van der Waals surface area contributed by atoms with Gasteiger partial charge in [-0.2, -0.15) is 0 Å². The topological polar surface area (TPSA) is 38.9 Å². The fraction of sp³-hybridized carbons (Fsp3) is 0.800. The van der Waals surface area contributed by atoms with E-state index in [4.69, 9.17) is 4.42 Å². The lowest BCUT2D eigenvalue weighted by Gasteiger charge is -2.23. The predicted octanol–water partition coefficient (Wildman–Crippen LogP) is 3.26. The summed E-state index contributed by atoms with van der Waals surface area (Å²) < 4.78 is 5.57. The van der Waals surface area contributed by atoms with Gasteiger partial charge < -0.3 is 4.42 Å². The Labute approximate surface area is 92.4 Å². The maximum absolute atomic E-state index is 5.57. The standard InChI is InChI=1S/C10H15BrN2O/c1-2-8(11)10-13-12-9(14-10)6-7-4-3-5-7/h7-8H,2-6H2,1H3. The van der Waals surface area contributed by atoms with E-state index in [0.29, 0.717) is 0 Å². The van der Waals surface area contributed by atoms with Gasteiger partial charge in [-0.05, 0) is 25.2 Å². The van der Waals surface area contributed by atoms with Crippen molar-refractivity contribution in [3.63, 3.8) is 0 Å². The first-order valence-corrected chi connectivity index (χ1v) is 6.17. The predicted molar refractivity (Wildman–Crippen MR) is 57.3 cm³/mol. The molecule has 3 nitrogen and oxygen atoms in total. The van der Waals surface area contributed by atoms with Gasteiger partial charge in [0, 0.05) is 6.42 Å². The van der Waals surface area contributed by atoms with E-state index in [2.05, 4.69) is 33.1 Å². The van der Waals surface area contributed by atoms with Gasteiger partial charge in [-0.25, -0.2) is 0 Å². The second-order valence-electron chi connectivity index (χ2n) is 3.91. The molecule has 0 bridgehead atoms. The number of halogens is 1. The largest absolute Gasteiger partial charge is 0.424 e. The molecular formula is C10H15BrN2O. The Kier molecular flexibility index (Phi) is 3.21. The van der Waals surface area contributed by atoms with Crippen LogP contribution in [0.3, 0.4) is 0 Å². The van der Waals surface area contributed by atoms with E-state index in [1.165, 1.54) is 19.3 Å². The Hall–Kier alpha value is -0.380. The van der Waals surface area contributed by atoms with Crippen LogP contribution in [0.2, 0.25) is 0 Å². The summed E-state index contributed by atoms with van der Waals surface area (Å²) in [4.78, 5) is 0.213. The number of hydrogen-bond donors (Lipinski definition) is 0. The minimum absolute atomic E-state index is 0.213. The molecule has 2 rings (SSSR count). The fourth-order valence-electron chi connectivity index (χ4n) is 1.59. The molecule has 4 heteroatoms. The van der Waals surface area contributed by atoms with Gasteiger partial charge in [-0.15, -0.1) is 10.2 Å². The molecule has 1 aromatic rings. The summed E-state index contributed by atoms with van der Waals surface area (Å²) in [5.41, 5.74) is 0. The van der Waals surface area contributed by atoms with Gasteiger partial charge in [-0.3, -0.25) is 0 Å². The van der Waals surface area contributed by atoms with Crippen molar-refractivity contribution in [3.8, 4) is 0 Å². The first kappa shape index (κ1) is 10.1. The van der Waals surface area contributed by atoms with Crippen LogP contribution in [-0.4, -0.2) is 10.2 Å². The van der Waals surface area contributed by atoms with Crippen LogP contribution in [0.1, 0.15) is 49.2 Å². The summed E-state index contributed by atoms with van der Waals surface area (Å²) in [6.45, 7) is 2.09. The van der Waals surface area contributed by atoms with Crippen LogP contribution in [0.15, 0.2) is 4.42 Å². The molecule has 78 valence electrons. The van der Waals surface area contributed by atoms with Crippen LogP contribution in [0.25, 0.3) is 0 Å². The third-order valence-corrected chi connectivity index (χ3v) is 3.84. The normalized spacial score (nSPS) is 19.3. The van der Waals surface area contributed by atoms with Crippen LogP contribution in [0.4, 0.5) is 0 Å². The zero-order chi connectivity index (χ0) is 9.97. The Morgan fingerprint density at radius 3 is 2.86 bits per heavy atom. The number of aromatic nitrogens is 2. The molecule has 0 spiro atoms. The summed E-state index contributed by atoms with van der Waals surface area (Å²) >= 11 is 3.50. The van der Waals surface area contributed by atoms with Gasteiger partial charge in [0.1, 0.15) is 0 Å². The maximum Gasteiger partial charge on any atom is 0.230 e. The monoisotopic (exact) mass is 258 g/mol. The fourth-order valence-corrected chi connectivity index (χ4v) is 1.78. The first-order valence-electron chi connectivity index (χ1n) is 5.26. The molecule has 1 aliphatic rings. The minimum Gasteiger partial charge on any atom is -0.424 e. The summed E-state index contributed by atoms with van der Waals surface area (Å²) in [6.07, 6.45) is 5.95. The SMILES string of the molecule is CCC(Br)c1nnc(CC2CCC2)o1. The van der Waals surface area contributed by atoms with Crippen LogP contribution >= 0.6 is 15.9 Å². The number of alkyl halides is 1. The Morgan fingerprint density at radius 2 is 2.29 bits per heavy atom. The highest BCUT2D eigenvalue weighted by Crippen LogP contribution is 2.30. The molecule has 1 fully saturated rings. The van der Waals surface area contributed by atoms with Crippen molar-refractivity contribution in [1.29, 1.82) is 0 Å². The zero-order valence-corrected chi connectivity index (χ0v) is 9.96. The van der Waals surface area contributed by atoms with Crippen molar-refractivity contribution < 1.29 is 4.42 Å². The lowest BCUT2D eigenvalue weighted by Crippen LogP contribution is -2.13. The lowest BCUT2D eigenvalue weighted by atomic mass is 9.83. The molecule has 1 aliphatic carbocycles. The number of nitrogens with zero attached hydrogens (tertiary/aromatic N) is 2. The Morgan fingerprint density at radius 1 is 1.50 bits per heavy atom. The van der Waals surface area contributed by atoms with Gasteiger partial charge in [-0.1, -0.05) is 29.3 Å². The van der Waals surface area contributed by atoms with Gasteiger partial charge in [0.05, 0.1) is 4.83 Å². The van der Waals surface area contributed by atoms with Crippen molar-refractivity contribution in [2.75, 3.05) is 0 Å². The molecule has 0 aliphatic heterocycles. The highest BCUT2D eigenvalue weighted by atomic mass is 79.9. The summed E-state index contributed by atoms with van der Waals surface area (Å²) in [5, 5.41) is 8.10. The third-order valence-electron chi connectivity index (χ3n) is 2.80. The molecule has 1 aromatic heterocycles. The Bertz CT molecular complexity index is 296. The van der Waals surface area contributed by atoms with E-state index in [-0.39, 0.29) is 4.83 Å². The van der Waals surface area contributed by atoms with Crippen molar-refractivity contribution in [2.24, 2.45) is 5.92 Å². The zero-order valence-electron chi connectivity index (χ0n) is 8.37. The number of rotatable bonds is 4. The molecule has 1 saturated carbocycles. The van der Waals surface area contributed by atoms with E-state index in [9.17, 15) is 0 Å². The Balaban J connectivity index is 1.94. The third kappa shape index (κ3) is 2.16. The summed E-state index contributed by atoms with van der Waals surface area (Å²) in [7, 11) is 0. The summed E-state index contributed by atoms with van der Waals surface area (Å²) in [5.74, 6) is 2.32. The van der Waals surface area contributed by atoms with Gasteiger partial charge in [0.25, 0.3) is 0 Å². The van der Waals surface area contributed by atoms with E-state index in [1.807, 2.05) is 0 Å². The molecule has 0 amide bonds. The molecule has 1 heterocycles. The highest BCUT2D eigenvalue weighted by Gasteiger charge is 2.21. The molecule has 0 radical (unpaired) electrons. The van der Waals surface area contributed by atoms with E-state index in [0.717, 1.165) is 30.5 Å². The van der Waals surface area contributed by atoms with Crippen LogP contribution < -0.4 is 0 Å². The molecule has 14 heavy (non-hydrogen) atoms. The average molecular weight is 259 g/mol. The molecule has 0 saturated heterocycles. The van der Waals surface area contributed by atoms with E-state index >= 15 is 0 Å². The first-order chi connectivity index (χ1) is 6.79. The van der Waals surface area contributed by atoms with Crippen LogP contribution in [0.5, 0.6) is 0 Å². The average Bonchev–Trinajstić information content (AvgIpc) is 2.58. The quantitative estimate of drug-likeness (QED) is 0.779. The molecule has 1 atom stereocenters. The van der Waals surface area contributed by atoms with E-state index < -0.39 is 0 Å². The van der Waals surface area contributed by atoms with Crippen molar-refractivity contribution in [2.45, 2.75) is 43.9 Å². The maximum atomic E-state index is 5.57. The van der Waals surface area contributed by atoms with Crippen molar-refractivity contribution in [1.82, 2.24) is 10.2 Å². The van der Waals surface area contributed by atoms with Crippen molar-refractivity contribution in [3.05, 3.63) is 11.8 Å². The van der Waals surface area contributed by atoms with Crippen LogP contribution in [0, 0.1) is 5.92 Å².